The van der Waals surface area contributed by atoms with Crippen LogP contribution in [-0.2, 0) is 6.18 Å². The van der Waals surface area contributed by atoms with Crippen LogP contribution in [0.5, 0.6) is 0 Å². The predicted molar refractivity (Wildman–Crippen MR) is 141 cm³/mol. The molecule has 0 unspecified atom stereocenters. The minimum atomic E-state index is -4.47. The van der Waals surface area contributed by atoms with Gasteiger partial charge in [-0.25, -0.2) is 14.4 Å². The summed E-state index contributed by atoms with van der Waals surface area (Å²) in [5, 5.41) is 0.00860. The first-order chi connectivity index (χ1) is 18.2. The molecule has 0 radical (unpaired) electrons. The number of pyridine rings is 1. The molecule has 2 aliphatic rings. The lowest BCUT2D eigenvalue weighted by molar-refractivity contribution is -0.137. The maximum atomic E-state index is 13.9. The molecule has 11 heteroatoms. The van der Waals surface area contributed by atoms with Gasteiger partial charge in [-0.15, -0.1) is 0 Å². The average Bonchev–Trinajstić information content (AvgIpc) is 2.94. The lowest BCUT2D eigenvalue weighted by Gasteiger charge is -2.37. The Morgan fingerprint density at radius 3 is 2.34 bits per heavy atom. The van der Waals surface area contributed by atoms with Crippen LogP contribution in [-0.4, -0.2) is 54.2 Å². The van der Waals surface area contributed by atoms with Crippen molar-refractivity contribution in [3.05, 3.63) is 59.0 Å². The van der Waals surface area contributed by atoms with Gasteiger partial charge in [0.2, 0.25) is 5.95 Å². The molecule has 3 aromatic rings. The fraction of sp³-hybridized carbons (Fsp3) is 0.444. The van der Waals surface area contributed by atoms with Gasteiger partial charge in [0.05, 0.1) is 16.3 Å². The molecular formula is C27H29ClF4N6. The van der Waals surface area contributed by atoms with Crippen molar-refractivity contribution in [2.24, 2.45) is 0 Å². The summed E-state index contributed by atoms with van der Waals surface area (Å²) < 4.78 is 54.5. The van der Waals surface area contributed by atoms with E-state index in [1.165, 1.54) is 24.8 Å². The predicted octanol–water partition coefficient (Wildman–Crippen LogP) is 6.45. The number of halogens is 5. The molecule has 6 nitrogen and oxygen atoms in total. The highest BCUT2D eigenvalue weighted by molar-refractivity contribution is 6.31. The summed E-state index contributed by atoms with van der Waals surface area (Å²) in [6.45, 7) is 1.63. The third-order valence-electron chi connectivity index (χ3n) is 7.35. The molecule has 0 amide bonds. The Balaban J connectivity index is 1.43. The number of aromatic nitrogens is 3. The van der Waals surface area contributed by atoms with Crippen LogP contribution in [0.15, 0.2) is 42.6 Å². The Hall–Kier alpha value is -3.14. The van der Waals surface area contributed by atoms with Crippen LogP contribution in [0.3, 0.4) is 0 Å². The normalized spacial score (nSPS) is 17.1. The van der Waals surface area contributed by atoms with Gasteiger partial charge in [0.25, 0.3) is 0 Å². The van der Waals surface area contributed by atoms with E-state index < -0.39 is 17.6 Å². The molecule has 3 heterocycles. The summed E-state index contributed by atoms with van der Waals surface area (Å²) >= 11 is 6.06. The zero-order valence-electron chi connectivity index (χ0n) is 21.1. The van der Waals surface area contributed by atoms with E-state index in [-0.39, 0.29) is 10.8 Å². The zero-order chi connectivity index (χ0) is 26.9. The van der Waals surface area contributed by atoms with Crippen molar-refractivity contribution in [1.82, 2.24) is 15.0 Å². The molecule has 1 saturated carbocycles. The lowest BCUT2D eigenvalue weighted by Crippen LogP contribution is -2.47. The molecule has 5 rings (SSSR count). The molecule has 38 heavy (non-hydrogen) atoms. The first kappa shape index (κ1) is 26.5. The standard InChI is InChI=1S/C27H29ClF4N6/c1-36(19-6-3-2-4-7-19)26-34-23(18-9-10-22(29)21(28)16-18)17-24(35-26)37-12-14-38(15-13-37)25-20(27(30,31)32)8-5-11-33-25/h5,8-11,16-17,19H,2-4,6-7,12-15H2,1H3. The third kappa shape index (κ3) is 5.65. The quantitative estimate of drug-likeness (QED) is 0.342. The number of hydrogen-bond acceptors (Lipinski definition) is 6. The molecule has 0 bridgehead atoms. The minimum Gasteiger partial charge on any atom is -0.353 e. The maximum Gasteiger partial charge on any atom is 0.419 e. The van der Waals surface area contributed by atoms with E-state index in [0.29, 0.717) is 55.2 Å². The van der Waals surface area contributed by atoms with E-state index in [4.69, 9.17) is 21.6 Å². The molecular weight excluding hydrogens is 520 g/mol. The number of rotatable bonds is 5. The van der Waals surface area contributed by atoms with Gasteiger partial charge in [-0.05, 0) is 43.2 Å². The van der Waals surface area contributed by atoms with Gasteiger partial charge in [0.1, 0.15) is 17.5 Å². The second-order valence-electron chi connectivity index (χ2n) is 9.79. The van der Waals surface area contributed by atoms with Crippen molar-refractivity contribution in [1.29, 1.82) is 0 Å². The summed E-state index contributed by atoms with van der Waals surface area (Å²) in [6, 6.07) is 9.02. The average molecular weight is 549 g/mol. The summed E-state index contributed by atoms with van der Waals surface area (Å²) in [5.41, 5.74) is 0.545. The Kier molecular flexibility index (Phi) is 7.61. The molecule has 0 atom stereocenters. The highest BCUT2D eigenvalue weighted by atomic mass is 35.5. The van der Waals surface area contributed by atoms with Crippen LogP contribution in [0.1, 0.15) is 37.7 Å². The second kappa shape index (κ2) is 10.9. The molecule has 1 aliphatic carbocycles. The van der Waals surface area contributed by atoms with Crippen molar-refractivity contribution in [3.8, 4) is 11.3 Å². The zero-order valence-corrected chi connectivity index (χ0v) is 21.8. The molecule has 1 aliphatic heterocycles. The molecule has 2 fully saturated rings. The number of nitrogens with zero attached hydrogens (tertiary/aromatic N) is 6. The molecule has 1 aromatic carbocycles. The van der Waals surface area contributed by atoms with Crippen molar-refractivity contribution in [2.75, 3.05) is 47.9 Å². The van der Waals surface area contributed by atoms with E-state index in [9.17, 15) is 17.6 Å². The maximum absolute atomic E-state index is 13.9. The molecule has 0 spiro atoms. The van der Waals surface area contributed by atoms with Gasteiger partial charge in [-0.3, -0.25) is 0 Å². The van der Waals surface area contributed by atoms with Gasteiger partial charge in [-0.1, -0.05) is 30.9 Å². The van der Waals surface area contributed by atoms with Crippen molar-refractivity contribution in [2.45, 2.75) is 44.3 Å². The van der Waals surface area contributed by atoms with Gasteiger partial charge in [0.15, 0.2) is 0 Å². The minimum absolute atomic E-state index is 0.00860. The van der Waals surface area contributed by atoms with E-state index in [0.717, 1.165) is 31.7 Å². The summed E-state index contributed by atoms with van der Waals surface area (Å²) in [7, 11) is 1.99. The Bertz CT molecular complexity index is 1270. The van der Waals surface area contributed by atoms with E-state index in [1.807, 2.05) is 18.0 Å². The van der Waals surface area contributed by atoms with Crippen molar-refractivity contribution in [3.63, 3.8) is 0 Å². The molecule has 2 aromatic heterocycles. The Labute approximate surface area is 224 Å². The van der Waals surface area contributed by atoms with E-state index in [2.05, 4.69) is 9.88 Å². The molecule has 202 valence electrons. The monoisotopic (exact) mass is 548 g/mol. The van der Waals surface area contributed by atoms with Crippen LogP contribution in [0.25, 0.3) is 11.3 Å². The molecule has 0 N–H and O–H groups in total. The van der Waals surface area contributed by atoms with Crippen LogP contribution in [0, 0.1) is 5.82 Å². The smallest absolute Gasteiger partial charge is 0.353 e. The second-order valence-corrected chi connectivity index (χ2v) is 10.2. The van der Waals surface area contributed by atoms with Crippen LogP contribution in [0.4, 0.5) is 35.1 Å². The summed E-state index contributed by atoms with van der Waals surface area (Å²) in [6.07, 6.45) is 2.57. The van der Waals surface area contributed by atoms with Gasteiger partial charge < -0.3 is 14.7 Å². The van der Waals surface area contributed by atoms with Crippen LogP contribution < -0.4 is 14.7 Å². The topological polar surface area (TPSA) is 48.4 Å². The summed E-state index contributed by atoms with van der Waals surface area (Å²) in [4.78, 5) is 19.5. The largest absolute Gasteiger partial charge is 0.419 e. The van der Waals surface area contributed by atoms with Crippen molar-refractivity contribution >= 4 is 29.2 Å². The van der Waals surface area contributed by atoms with E-state index in [1.54, 1.807) is 17.0 Å². The first-order valence-corrected chi connectivity index (χ1v) is 13.2. The van der Waals surface area contributed by atoms with Gasteiger partial charge in [0, 0.05) is 57.1 Å². The van der Waals surface area contributed by atoms with Gasteiger partial charge >= 0.3 is 6.18 Å². The van der Waals surface area contributed by atoms with E-state index >= 15 is 0 Å². The van der Waals surface area contributed by atoms with Crippen molar-refractivity contribution < 1.29 is 17.6 Å². The fourth-order valence-corrected chi connectivity index (χ4v) is 5.37. The highest BCUT2D eigenvalue weighted by Gasteiger charge is 2.36. The SMILES string of the molecule is CN(c1nc(-c2ccc(F)c(Cl)c2)cc(N2CCN(c3ncccc3C(F)(F)F)CC2)n1)C1CCCCC1. The lowest BCUT2D eigenvalue weighted by atomic mass is 9.95. The fourth-order valence-electron chi connectivity index (χ4n) is 5.19. The number of anilines is 3. The van der Waals surface area contributed by atoms with Gasteiger partial charge in [-0.2, -0.15) is 18.2 Å². The molecule has 1 saturated heterocycles. The number of piperazine rings is 1. The first-order valence-electron chi connectivity index (χ1n) is 12.8. The van der Waals surface area contributed by atoms with Crippen LogP contribution in [0.2, 0.25) is 5.02 Å². The highest BCUT2D eigenvalue weighted by Crippen LogP contribution is 2.36. The number of benzene rings is 1. The Morgan fingerprint density at radius 1 is 0.947 bits per heavy atom. The number of hydrogen-bond donors (Lipinski definition) is 0. The third-order valence-corrected chi connectivity index (χ3v) is 7.64. The Morgan fingerprint density at radius 2 is 1.66 bits per heavy atom. The number of alkyl halides is 3. The van der Waals surface area contributed by atoms with Crippen LogP contribution >= 0.6 is 11.6 Å². The summed E-state index contributed by atoms with van der Waals surface area (Å²) in [5.74, 6) is 0.677.